The Kier molecular flexibility index (Phi) is 3.80. The largest absolute Gasteiger partial charge is 0.299 e. The van der Waals surface area contributed by atoms with Crippen LogP contribution in [0.5, 0.6) is 0 Å². The summed E-state index contributed by atoms with van der Waals surface area (Å²) in [6.07, 6.45) is 0.361. The van der Waals surface area contributed by atoms with Crippen LogP contribution in [0.4, 0.5) is 0 Å². The molecule has 82 valence electrons. The van der Waals surface area contributed by atoms with Gasteiger partial charge in [0.05, 0.1) is 0 Å². The van der Waals surface area contributed by atoms with E-state index < -0.39 is 0 Å². The Bertz CT molecular complexity index is 378. The van der Waals surface area contributed by atoms with Gasteiger partial charge in [-0.05, 0) is 17.7 Å². The summed E-state index contributed by atoms with van der Waals surface area (Å²) in [5, 5.41) is 1.15. The molecule has 0 aliphatic rings. The van der Waals surface area contributed by atoms with E-state index in [1.54, 1.807) is 18.2 Å². The molecule has 0 saturated heterocycles. The van der Waals surface area contributed by atoms with Gasteiger partial charge in [0.25, 0.3) is 0 Å². The molecule has 0 saturated carbocycles. The number of hydrogen-bond acceptors (Lipinski definition) is 1. The molecule has 1 nitrogen and oxygen atoms in total. The summed E-state index contributed by atoms with van der Waals surface area (Å²) in [5.41, 5.74) is 0.504. The zero-order valence-electron chi connectivity index (χ0n) is 9.10. The molecule has 0 aromatic heterocycles. The summed E-state index contributed by atoms with van der Waals surface area (Å²) >= 11 is 11.8. The second-order valence-electron chi connectivity index (χ2n) is 4.59. The first-order valence-electron chi connectivity index (χ1n) is 4.78. The summed E-state index contributed by atoms with van der Waals surface area (Å²) in [7, 11) is 0. The number of Topliss-reactive ketones (excluding diaryl/α,β-unsaturated/α-hetero) is 1. The van der Waals surface area contributed by atoms with Crippen LogP contribution in [0, 0.1) is 5.41 Å². The Balaban J connectivity index is 2.87. The molecule has 0 amide bonds. The lowest BCUT2D eigenvalue weighted by Gasteiger charge is -2.16. The van der Waals surface area contributed by atoms with Crippen LogP contribution in [-0.2, 0) is 11.2 Å². The van der Waals surface area contributed by atoms with Gasteiger partial charge in [0, 0.05) is 21.9 Å². The van der Waals surface area contributed by atoms with Crippen LogP contribution in [0.2, 0.25) is 10.0 Å². The van der Waals surface area contributed by atoms with E-state index in [1.165, 1.54) is 0 Å². The van der Waals surface area contributed by atoms with Gasteiger partial charge in [0.2, 0.25) is 0 Å². The second-order valence-corrected chi connectivity index (χ2v) is 5.43. The van der Waals surface area contributed by atoms with Crippen molar-refractivity contribution in [2.24, 2.45) is 5.41 Å². The third-order valence-corrected chi connectivity index (χ3v) is 2.79. The number of rotatable bonds is 2. The lowest BCUT2D eigenvalue weighted by molar-refractivity contribution is -0.125. The Morgan fingerprint density at radius 2 is 1.87 bits per heavy atom. The standard InChI is InChI=1S/C12H14Cl2O/c1-12(2,3)11(15)6-8-4-5-9(13)7-10(8)14/h4-5,7H,6H2,1-3H3. The van der Waals surface area contributed by atoms with Crippen LogP contribution in [0.1, 0.15) is 26.3 Å². The molecule has 1 aromatic carbocycles. The van der Waals surface area contributed by atoms with E-state index in [1.807, 2.05) is 20.8 Å². The molecule has 1 rings (SSSR count). The van der Waals surface area contributed by atoms with Crippen molar-refractivity contribution in [1.82, 2.24) is 0 Å². The van der Waals surface area contributed by atoms with E-state index in [-0.39, 0.29) is 11.2 Å². The van der Waals surface area contributed by atoms with E-state index in [4.69, 9.17) is 23.2 Å². The molecule has 0 atom stereocenters. The fraction of sp³-hybridized carbons (Fsp3) is 0.417. The molecular formula is C12H14Cl2O. The molecule has 0 radical (unpaired) electrons. The average Bonchev–Trinajstić information content (AvgIpc) is 2.08. The third kappa shape index (κ3) is 3.51. The van der Waals surface area contributed by atoms with Gasteiger partial charge in [0.15, 0.2) is 0 Å². The fourth-order valence-corrected chi connectivity index (χ4v) is 1.58. The van der Waals surface area contributed by atoms with Gasteiger partial charge in [-0.25, -0.2) is 0 Å². The van der Waals surface area contributed by atoms with E-state index in [9.17, 15) is 4.79 Å². The molecule has 0 bridgehead atoms. The maximum absolute atomic E-state index is 11.8. The first kappa shape index (κ1) is 12.5. The van der Waals surface area contributed by atoms with Gasteiger partial charge in [-0.15, -0.1) is 0 Å². The highest BCUT2D eigenvalue weighted by molar-refractivity contribution is 6.35. The smallest absolute Gasteiger partial charge is 0.142 e. The highest BCUT2D eigenvalue weighted by Gasteiger charge is 2.21. The number of ketones is 1. The van der Waals surface area contributed by atoms with E-state index >= 15 is 0 Å². The molecule has 1 aromatic rings. The second kappa shape index (κ2) is 4.54. The summed E-state index contributed by atoms with van der Waals surface area (Å²) in [6, 6.07) is 5.21. The quantitative estimate of drug-likeness (QED) is 0.764. The van der Waals surface area contributed by atoms with Crippen LogP contribution < -0.4 is 0 Å². The maximum Gasteiger partial charge on any atom is 0.142 e. The monoisotopic (exact) mass is 244 g/mol. The van der Waals surface area contributed by atoms with Crippen molar-refractivity contribution in [3.05, 3.63) is 33.8 Å². The highest BCUT2D eigenvalue weighted by atomic mass is 35.5. The summed E-state index contributed by atoms with van der Waals surface area (Å²) in [6.45, 7) is 5.71. The van der Waals surface area contributed by atoms with Crippen molar-refractivity contribution in [3.8, 4) is 0 Å². The van der Waals surface area contributed by atoms with Gasteiger partial charge >= 0.3 is 0 Å². The van der Waals surface area contributed by atoms with Crippen molar-refractivity contribution in [1.29, 1.82) is 0 Å². The van der Waals surface area contributed by atoms with Crippen molar-refractivity contribution in [2.45, 2.75) is 27.2 Å². The molecule has 0 unspecified atom stereocenters. The van der Waals surface area contributed by atoms with Crippen molar-refractivity contribution >= 4 is 29.0 Å². The Labute approximate surface area is 100 Å². The number of halogens is 2. The van der Waals surface area contributed by atoms with Crippen molar-refractivity contribution in [2.75, 3.05) is 0 Å². The van der Waals surface area contributed by atoms with Crippen LogP contribution >= 0.6 is 23.2 Å². The molecule has 0 fully saturated rings. The topological polar surface area (TPSA) is 17.1 Å². The highest BCUT2D eigenvalue weighted by Crippen LogP contribution is 2.24. The first-order chi connectivity index (χ1) is 6.80. The predicted octanol–water partition coefficient (Wildman–Crippen LogP) is 4.15. The molecule has 15 heavy (non-hydrogen) atoms. The normalized spacial score (nSPS) is 11.5. The Morgan fingerprint density at radius 3 is 2.33 bits per heavy atom. The predicted molar refractivity (Wildman–Crippen MR) is 64.6 cm³/mol. The van der Waals surface area contributed by atoms with Gasteiger partial charge in [-0.1, -0.05) is 50.0 Å². The minimum Gasteiger partial charge on any atom is -0.299 e. The molecule has 0 heterocycles. The number of hydrogen-bond donors (Lipinski definition) is 0. The summed E-state index contributed by atoms with van der Waals surface area (Å²) < 4.78 is 0. The molecule has 0 spiro atoms. The number of carbonyl (C=O) groups excluding carboxylic acids is 1. The molecule has 0 aliphatic heterocycles. The van der Waals surface area contributed by atoms with Crippen LogP contribution in [0.15, 0.2) is 18.2 Å². The molecular weight excluding hydrogens is 231 g/mol. The minimum absolute atomic E-state index is 0.173. The zero-order chi connectivity index (χ0) is 11.6. The van der Waals surface area contributed by atoms with Crippen LogP contribution in [0.3, 0.4) is 0 Å². The van der Waals surface area contributed by atoms with E-state index in [2.05, 4.69) is 0 Å². The molecule has 3 heteroatoms. The third-order valence-electron chi connectivity index (χ3n) is 2.20. The average molecular weight is 245 g/mol. The van der Waals surface area contributed by atoms with Crippen LogP contribution in [-0.4, -0.2) is 5.78 Å². The Hall–Kier alpha value is -0.530. The maximum atomic E-state index is 11.8. The lowest BCUT2D eigenvalue weighted by atomic mass is 9.87. The first-order valence-corrected chi connectivity index (χ1v) is 5.53. The SMILES string of the molecule is CC(C)(C)C(=O)Cc1ccc(Cl)cc1Cl. The zero-order valence-corrected chi connectivity index (χ0v) is 10.6. The van der Waals surface area contributed by atoms with Crippen molar-refractivity contribution in [3.63, 3.8) is 0 Å². The molecule has 0 N–H and O–H groups in total. The van der Waals surface area contributed by atoms with E-state index in [0.29, 0.717) is 16.5 Å². The van der Waals surface area contributed by atoms with Crippen molar-refractivity contribution < 1.29 is 4.79 Å². The lowest BCUT2D eigenvalue weighted by Crippen LogP contribution is -2.22. The van der Waals surface area contributed by atoms with Gasteiger partial charge < -0.3 is 0 Å². The summed E-state index contributed by atoms with van der Waals surface area (Å²) in [4.78, 5) is 11.8. The minimum atomic E-state index is -0.330. The molecule has 0 aliphatic carbocycles. The number of carbonyl (C=O) groups is 1. The number of benzene rings is 1. The van der Waals surface area contributed by atoms with Gasteiger partial charge in [-0.2, -0.15) is 0 Å². The Morgan fingerprint density at radius 1 is 1.27 bits per heavy atom. The van der Waals surface area contributed by atoms with Crippen LogP contribution in [0.25, 0.3) is 0 Å². The van der Waals surface area contributed by atoms with Gasteiger partial charge in [0.1, 0.15) is 5.78 Å². The van der Waals surface area contributed by atoms with Gasteiger partial charge in [-0.3, -0.25) is 4.79 Å². The van der Waals surface area contributed by atoms with E-state index in [0.717, 1.165) is 5.56 Å². The fourth-order valence-electron chi connectivity index (χ4n) is 1.10. The summed E-state index contributed by atoms with van der Waals surface area (Å²) in [5.74, 6) is 0.173.